The summed E-state index contributed by atoms with van der Waals surface area (Å²) in [7, 11) is -2.85. The molecule has 0 aliphatic rings. The number of ether oxygens (including phenoxy) is 5. The Labute approximate surface area is 140 Å². The minimum Gasteiger partial charge on any atom is -0.438 e. The van der Waals surface area contributed by atoms with Gasteiger partial charge in [-0.1, -0.05) is 39.3 Å². The molecule has 0 saturated carbocycles. The van der Waals surface area contributed by atoms with E-state index in [4.69, 9.17) is 23.7 Å². The first-order chi connectivity index (χ1) is 10.5. The maximum absolute atomic E-state index is 11.3. The summed E-state index contributed by atoms with van der Waals surface area (Å²) in [6.45, 7) is 13.2. The number of carbonyl (C=O) groups is 2. The summed E-state index contributed by atoms with van der Waals surface area (Å²) in [6.07, 6.45) is -0.496. The van der Waals surface area contributed by atoms with Crippen LogP contribution in [-0.2, 0) is 23.7 Å². The SMILES string of the molecule is C[Si](C)(C)COC(=O)OCCOCCOC(=O)OC[Si](C)(C)C. The van der Waals surface area contributed by atoms with E-state index in [0.717, 1.165) is 0 Å². The Hall–Kier alpha value is -1.07. The van der Waals surface area contributed by atoms with Gasteiger partial charge < -0.3 is 23.7 Å². The summed E-state index contributed by atoms with van der Waals surface area (Å²) in [4.78, 5) is 22.5. The van der Waals surface area contributed by atoms with Gasteiger partial charge in [-0.3, -0.25) is 0 Å². The lowest BCUT2D eigenvalue weighted by Gasteiger charge is -2.15. The van der Waals surface area contributed by atoms with E-state index in [1.165, 1.54) is 0 Å². The van der Waals surface area contributed by atoms with Gasteiger partial charge in [0.15, 0.2) is 0 Å². The molecule has 0 N–H and O–H groups in total. The van der Waals surface area contributed by atoms with Gasteiger partial charge in [0.25, 0.3) is 0 Å². The van der Waals surface area contributed by atoms with Crippen LogP contribution in [0.15, 0.2) is 0 Å². The first-order valence-corrected chi connectivity index (χ1v) is 15.1. The zero-order valence-corrected chi connectivity index (χ0v) is 17.1. The predicted molar refractivity (Wildman–Crippen MR) is 92.1 cm³/mol. The van der Waals surface area contributed by atoms with E-state index >= 15 is 0 Å². The van der Waals surface area contributed by atoms with Gasteiger partial charge in [0.2, 0.25) is 0 Å². The molecule has 0 aromatic carbocycles. The van der Waals surface area contributed by atoms with Crippen molar-refractivity contribution >= 4 is 28.5 Å². The molecule has 0 aliphatic heterocycles. The molecule has 136 valence electrons. The third-order valence-electron chi connectivity index (χ3n) is 2.14. The zero-order valence-electron chi connectivity index (χ0n) is 15.1. The van der Waals surface area contributed by atoms with Crippen LogP contribution in [0.2, 0.25) is 39.3 Å². The van der Waals surface area contributed by atoms with Gasteiger partial charge in [0, 0.05) is 0 Å². The van der Waals surface area contributed by atoms with Gasteiger partial charge in [-0.25, -0.2) is 9.59 Å². The van der Waals surface area contributed by atoms with Crippen molar-refractivity contribution in [2.24, 2.45) is 0 Å². The summed E-state index contributed by atoms with van der Waals surface area (Å²) >= 11 is 0. The maximum atomic E-state index is 11.3. The molecule has 0 radical (unpaired) electrons. The highest BCUT2D eigenvalue weighted by molar-refractivity contribution is 6.76. The number of carbonyl (C=O) groups excluding carboxylic acids is 2. The monoisotopic (exact) mass is 366 g/mol. The van der Waals surface area contributed by atoms with E-state index in [-0.39, 0.29) is 26.4 Å². The molecule has 0 atom stereocenters. The van der Waals surface area contributed by atoms with Crippen LogP contribution in [0.1, 0.15) is 0 Å². The Kier molecular flexibility index (Phi) is 10.2. The summed E-state index contributed by atoms with van der Waals surface area (Å²) in [5.41, 5.74) is 0. The predicted octanol–water partition coefficient (Wildman–Crippen LogP) is 3.06. The van der Waals surface area contributed by atoms with Crippen LogP contribution in [0.25, 0.3) is 0 Å². The molecule has 0 amide bonds. The van der Waals surface area contributed by atoms with Gasteiger partial charge in [-0.15, -0.1) is 0 Å². The molecule has 7 nitrogen and oxygen atoms in total. The normalized spacial score (nSPS) is 11.7. The van der Waals surface area contributed by atoms with Crippen LogP contribution in [0.5, 0.6) is 0 Å². The van der Waals surface area contributed by atoms with Crippen molar-refractivity contribution in [1.82, 2.24) is 0 Å². The fraction of sp³-hybridized carbons (Fsp3) is 0.857. The Bertz CT molecular complexity index is 327. The smallest absolute Gasteiger partial charge is 0.438 e. The molecule has 0 saturated heterocycles. The summed E-state index contributed by atoms with van der Waals surface area (Å²) in [5, 5.41) is 0. The van der Waals surface area contributed by atoms with Crippen LogP contribution in [0.3, 0.4) is 0 Å². The molecular formula is C14H30O7Si2. The standard InChI is InChI=1S/C14H30O7Si2/c1-22(2,3)11-20-13(15)18-9-7-17-8-10-19-14(16)21-12-23(4,5)6/h7-12H2,1-6H3. The summed E-state index contributed by atoms with van der Waals surface area (Å²) in [6, 6.07) is 0. The second-order valence-corrected chi connectivity index (χ2v) is 18.3. The van der Waals surface area contributed by atoms with E-state index in [1.807, 2.05) is 0 Å². The molecule has 0 aromatic heterocycles. The van der Waals surface area contributed by atoms with Gasteiger partial charge in [-0.05, 0) is 0 Å². The van der Waals surface area contributed by atoms with E-state index in [0.29, 0.717) is 12.5 Å². The molecule has 0 bridgehead atoms. The van der Waals surface area contributed by atoms with Gasteiger partial charge >= 0.3 is 12.3 Å². The van der Waals surface area contributed by atoms with Crippen molar-refractivity contribution in [3.8, 4) is 0 Å². The van der Waals surface area contributed by atoms with E-state index < -0.39 is 28.5 Å². The lowest BCUT2D eigenvalue weighted by atomic mass is 10.7. The Morgan fingerprint density at radius 1 is 0.609 bits per heavy atom. The highest BCUT2D eigenvalue weighted by Gasteiger charge is 2.17. The van der Waals surface area contributed by atoms with Gasteiger partial charge in [-0.2, -0.15) is 0 Å². The van der Waals surface area contributed by atoms with Crippen molar-refractivity contribution in [3.05, 3.63) is 0 Å². The zero-order chi connectivity index (χ0) is 17.9. The molecular weight excluding hydrogens is 336 g/mol. The second kappa shape index (κ2) is 10.7. The number of hydrogen-bond donors (Lipinski definition) is 0. The minimum absolute atomic E-state index is 0.102. The largest absolute Gasteiger partial charge is 0.508 e. The van der Waals surface area contributed by atoms with Crippen molar-refractivity contribution < 1.29 is 33.3 Å². The molecule has 0 heterocycles. The quantitative estimate of drug-likeness (QED) is 0.334. The van der Waals surface area contributed by atoms with E-state index in [9.17, 15) is 9.59 Å². The van der Waals surface area contributed by atoms with Crippen molar-refractivity contribution in [2.75, 3.05) is 38.9 Å². The van der Waals surface area contributed by atoms with Crippen LogP contribution in [0.4, 0.5) is 9.59 Å². The first kappa shape index (κ1) is 21.9. The summed E-state index contributed by atoms with van der Waals surface area (Å²) < 4.78 is 24.8. The molecule has 0 fully saturated rings. The topological polar surface area (TPSA) is 80.3 Å². The van der Waals surface area contributed by atoms with E-state index in [1.54, 1.807) is 0 Å². The van der Waals surface area contributed by atoms with Crippen LogP contribution < -0.4 is 0 Å². The lowest BCUT2D eigenvalue weighted by molar-refractivity contribution is 0.0114. The fourth-order valence-electron chi connectivity index (χ4n) is 1.10. The van der Waals surface area contributed by atoms with Gasteiger partial charge in [0.05, 0.1) is 41.8 Å². The fourth-order valence-corrected chi connectivity index (χ4v) is 2.21. The maximum Gasteiger partial charge on any atom is 0.508 e. The van der Waals surface area contributed by atoms with Crippen LogP contribution >= 0.6 is 0 Å². The lowest BCUT2D eigenvalue weighted by Crippen LogP contribution is -2.30. The van der Waals surface area contributed by atoms with Crippen molar-refractivity contribution in [2.45, 2.75) is 39.3 Å². The van der Waals surface area contributed by atoms with Crippen molar-refractivity contribution in [3.63, 3.8) is 0 Å². The van der Waals surface area contributed by atoms with E-state index in [2.05, 4.69) is 39.3 Å². The Balaban J connectivity index is 3.46. The van der Waals surface area contributed by atoms with Crippen molar-refractivity contribution in [1.29, 1.82) is 0 Å². The number of hydrogen-bond acceptors (Lipinski definition) is 7. The minimum atomic E-state index is -1.43. The third-order valence-corrected chi connectivity index (χ3v) is 4.16. The number of rotatable bonds is 10. The van der Waals surface area contributed by atoms with Crippen LogP contribution in [-0.4, -0.2) is 67.3 Å². The highest BCUT2D eigenvalue weighted by Crippen LogP contribution is 2.02. The first-order valence-electron chi connectivity index (χ1n) is 7.66. The highest BCUT2D eigenvalue weighted by atomic mass is 28.3. The Morgan fingerprint density at radius 2 is 0.957 bits per heavy atom. The molecule has 0 spiro atoms. The average molecular weight is 367 g/mol. The molecule has 0 aliphatic carbocycles. The third kappa shape index (κ3) is 17.1. The average Bonchev–Trinajstić information content (AvgIpc) is 2.40. The second-order valence-electron chi connectivity index (χ2n) is 7.51. The summed E-state index contributed by atoms with van der Waals surface area (Å²) in [5.74, 6) is 0. The van der Waals surface area contributed by atoms with Gasteiger partial charge in [0.1, 0.15) is 13.2 Å². The molecule has 0 unspecified atom stereocenters. The molecule has 23 heavy (non-hydrogen) atoms. The molecule has 0 aromatic rings. The molecule has 0 rings (SSSR count). The Morgan fingerprint density at radius 3 is 1.26 bits per heavy atom. The van der Waals surface area contributed by atoms with Crippen LogP contribution in [0, 0.1) is 0 Å². The molecule has 9 heteroatoms.